The van der Waals surface area contributed by atoms with Crippen LogP contribution in [-0.4, -0.2) is 55.5 Å². The van der Waals surface area contributed by atoms with Gasteiger partial charge in [-0.05, 0) is 86.6 Å². The van der Waals surface area contributed by atoms with E-state index < -0.39 is 45.2 Å². The largest absolute Gasteiger partial charge is 0.481 e. The Hall–Kier alpha value is -3.97. The molecule has 4 aromatic rings. The molecule has 43 heavy (non-hydrogen) atoms. The number of fused-ring (bicyclic) bond motifs is 2. The fourth-order valence-corrected chi connectivity index (χ4v) is 7.45. The van der Waals surface area contributed by atoms with Gasteiger partial charge in [0.05, 0.1) is 12.0 Å². The third-order valence-electron chi connectivity index (χ3n) is 8.67. The van der Waals surface area contributed by atoms with Crippen molar-refractivity contribution in [2.75, 3.05) is 6.54 Å². The molecule has 1 atom stereocenters. The molecule has 10 nitrogen and oxygen atoms in total. The van der Waals surface area contributed by atoms with Gasteiger partial charge in [-0.1, -0.05) is 18.2 Å². The molecule has 3 aromatic heterocycles. The second-order valence-electron chi connectivity index (χ2n) is 12.0. The Balaban J connectivity index is 1.45. The van der Waals surface area contributed by atoms with Crippen LogP contribution in [0.4, 0.5) is 8.78 Å². The molecule has 0 bridgehead atoms. The Morgan fingerprint density at radius 2 is 1.91 bits per heavy atom. The summed E-state index contributed by atoms with van der Waals surface area (Å²) in [6.45, 7) is 7.00. The zero-order valence-corrected chi connectivity index (χ0v) is 24.9. The van der Waals surface area contributed by atoms with E-state index in [2.05, 4.69) is 15.2 Å². The first kappa shape index (κ1) is 29.1. The number of benzene rings is 1. The molecule has 0 saturated heterocycles. The van der Waals surface area contributed by atoms with Crippen molar-refractivity contribution in [1.82, 2.24) is 23.9 Å². The lowest BCUT2D eigenvalue weighted by Crippen LogP contribution is -2.38. The second-order valence-corrected chi connectivity index (χ2v) is 13.9. The number of carboxylic acid groups (broad SMARTS) is 1. The summed E-state index contributed by atoms with van der Waals surface area (Å²) in [6, 6.07) is 10.2. The number of sulfonamides is 1. The molecule has 226 valence electrons. The highest BCUT2D eigenvalue weighted by Crippen LogP contribution is 2.47. The van der Waals surface area contributed by atoms with Crippen molar-refractivity contribution in [2.45, 2.75) is 69.9 Å². The van der Waals surface area contributed by atoms with Gasteiger partial charge in [-0.25, -0.2) is 22.2 Å². The van der Waals surface area contributed by atoms with E-state index in [-0.39, 0.29) is 29.5 Å². The highest BCUT2D eigenvalue weighted by molar-refractivity contribution is 7.89. The molecule has 1 spiro atoms. The van der Waals surface area contributed by atoms with Gasteiger partial charge in [0.2, 0.25) is 21.7 Å². The highest BCUT2D eigenvalue weighted by atomic mass is 32.2. The number of alkyl halides is 2. The maximum atomic E-state index is 13.8. The number of ether oxygens (including phenoxy) is 1. The Kier molecular flexibility index (Phi) is 6.81. The number of carboxylic acids is 1. The Morgan fingerprint density at radius 1 is 1.16 bits per heavy atom. The molecule has 1 saturated carbocycles. The SMILES string of the molecule is Cc1ccc([C@H](c2ccn3c(C(F)F)nnc3c2C)C(C)(C)C(=O)O)cc1CN1CC2(CC2)Oc2ncccc2S1(=O)=O. The first-order valence-corrected chi connectivity index (χ1v) is 15.3. The molecule has 0 amide bonds. The fourth-order valence-electron chi connectivity index (χ4n) is 5.89. The molecule has 13 heteroatoms. The zero-order chi connectivity index (χ0) is 30.9. The Morgan fingerprint density at radius 3 is 2.58 bits per heavy atom. The number of aryl methyl sites for hydroxylation is 2. The van der Waals surface area contributed by atoms with E-state index in [1.165, 1.54) is 27.2 Å². The first-order chi connectivity index (χ1) is 20.2. The standard InChI is InChI=1S/C30H31F2N5O5S/c1-17-7-8-19(14-20(17)15-36-16-30(10-11-30)42-27-22(43(36,40)41)6-5-12-33-27)23(29(3,4)28(38)39)21-9-13-37-25(18(21)2)34-35-26(37)24(31)32/h5-9,12-14,23-24H,10-11,15-16H2,1-4H3,(H,38,39)/t23-/m1/s1. The maximum Gasteiger partial charge on any atom is 0.310 e. The molecule has 0 unspecified atom stereocenters. The number of hydrogen-bond acceptors (Lipinski definition) is 7. The number of rotatable bonds is 7. The topological polar surface area (TPSA) is 127 Å². The minimum atomic E-state index is -3.96. The molecular formula is C30H31F2N5O5S. The predicted octanol–water partition coefficient (Wildman–Crippen LogP) is 5.04. The van der Waals surface area contributed by atoms with Crippen LogP contribution < -0.4 is 4.74 Å². The van der Waals surface area contributed by atoms with E-state index in [0.29, 0.717) is 35.1 Å². The van der Waals surface area contributed by atoms with Crippen LogP contribution in [0.5, 0.6) is 5.88 Å². The van der Waals surface area contributed by atoms with Crippen molar-refractivity contribution in [3.63, 3.8) is 0 Å². The average molecular weight is 612 g/mol. The molecule has 0 radical (unpaired) electrons. The van der Waals surface area contributed by atoms with Gasteiger partial charge in [-0.15, -0.1) is 10.2 Å². The highest BCUT2D eigenvalue weighted by Gasteiger charge is 2.52. The third kappa shape index (κ3) is 4.84. The quantitative estimate of drug-likeness (QED) is 0.308. The predicted molar refractivity (Wildman–Crippen MR) is 152 cm³/mol. The van der Waals surface area contributed by atoms with Gasteiger partial charge in [0, 0.05) is 24.9 Å². The van der Waals surface area contributed by atoms with Crippen molar-refractivity contribution >= 4 is 21.6 Å². The van der Waals surface area contributed by atoms with Crippen LogP contribution in [0.15, 0.2) is 53.7 Å². The van der Waals surface area contributed by atoms with E-state index in [1.54, 1.807) is 32.9 Å². The molecule has 4 heterocycles. The number of pyridine rings is 2. The minimum Gasteiger partial charge on any atom is -0.481 e. The molecule has 1 N–H and O–H groups in total. The summed E-state index contributed by atoms with van der Waals surface area (Å²) >= 11 is 0. The number of aliphatic carboxylic acids is 1. The van der Waals surface area contributed by atoms with Crippen LogP contribution in [0.25, 0.3) is 5.65 Å². The summed E-state index contributed by atoms with van der Waals surface area (Å²) in [5.41, 5.74) is 1.53. The van der Waals surface area contributed by atoms with Gasteiger partial charge < -0.3 is 9.84 Å². The van der Waals surface area contributed by atoms with Gasteiger partial charge in [-0.2, -0.15) is 4.31 Å². The summed E-state index contributed by atoms with van der Waals surface area (Å²) in [4.78, 5) is 16.8. The average Bonchev–Trinajstić information content (AvgIpc) is 3.57. The third-order valence-corrected chi connectivity index (χ3v) is 10.5. The number of carbonyl (C=O) groups is 1. The summed E-state index contributed by atoms with van der Waals surface area (Å²) in [6.07, 6.45) is 1.53. The number of nitrogens with zero attached hydrogens (tertiary/aromatic N) is 5. The lowest BCUT2D eigenvalue weighted by Gasteiger charge is -2.33. The van der Waals surface area contributed by atoms with Gasteiger partial charge in [0.1, 0.15) is 10.5 Å². The van der Waals surface area contributed by atoms with Gasteiger partial charge in [0.25, 0.3) is 6.43 Å². The van der Waals surface area contributed by atoms with Crippen LogP contribution in [0, 0.1) is 19.3 Å². The molecule has 1 aliphatic carbocycles. The minimum absolute atomic E-state index is 0.0119. The van der Waals surface area contributed by atoms with Gasteiger partial charge >= 0.3 is 5.97 Å². The lowest BCUT2D eigenvalue weighted by atomic mass is 9.70. The van der Waals surface area contributed by atoms with Gasteiger partial charge in [0.15, 0.2) is 5.65 Å². The normalized spacial score (nSPS) is 18.3. The van der Waals surface area contributed by atoms with E-state index in [4.69, 9.17) is 4.74 Å². The van der Waals surface area contributed by atoms with Crippen molar-refractivity contribution in [2.24, 2.45) is 5.41 Å². The van der Waals surface area contributed by atoms with Crippen molar-refractivity contribution < 1.29 is 31.8 Å². The number of hydrogen-bond donors (Lipinski definition) is 1. The van der Waals surface area contributed by atoms with Crippen molar-refractivity contribution in [3.05, 3.63) is 82.4 Å². The molecule has 1 aliphatic heterocycles. The van der Waals surface area contributed by atoms with Crippen molar-refractivity contribution in [3.8, 4) is 5.88 Å². The second kappa shape index (κ2) is 10.1. The smallest absolute Gasteiger partial charge is 0.310 e. The molecule has 6 rings (SSSR count). The van der Waals surface area contributed by atoms with Crippen LogP contribution in [0.3, 0.4) is 0 Å². The van der Waals surface area contributed by atoms with E-state index in [9.17, 15) is 27.1 Å². The monoisotopic (exact) mass is 611 g/mol. The van der Waals surface area contributed by atoms with E-state index in [1.807, 2.05) is 25.1 Å². The fraction of sp³-hybridized carbons (Fsp3) is 0.400. The van der Waals surface area contributed by atoms with Crippen LogP contribution in [0.2, 0.25) is 0 Å². The Labute approximate surface area is 247 Å². The summed E-state index contributed by atoms with van der Waals surface area (Å²) < 4.78 is 63.4. The molecular weight excluding hydrogens is 580 g/mol. The van der Waals surface area contributed by atoms with Gasteiger partial charge in [-0.3, -0.25) is 9.20 Å². The summed E-state index contributed by atoms with van der Waals surface area (Å²) in [7, 11) is -3.96. The number of halogens is 2. The molecule has 1 fully saturated rings. The van der Waals surface area contributed by atoms with Crippen LogP contribution >= 0.6 is 0 Å². The molecule has 1 aromatic carbocycles. The van der Waals surface area contributed by atoms with E-state index >= 15 is 0 Å². The summed E-state index contributed by atoms with van der Waals surface area (Å²) in [5, 5.41) is 17.9. The molecule has 2 aliphatic rings. The Bertz CT molecular complexity index is 1870. The van der Waals surface area contributed by atoms with Crippen molar-refractivity contribution in [1.29, 1.82) is 0 Å². The van der Waals surface area contributed by atoms with E-state index in [0.717, 1.165) is 5.56 Å². The lowest BCUT2D eigenvalue weighted by molar-refractivity contribution is -0.147. The first-order valence-electron chi connectivity index (χ1n) is 13.8. The maximum absolute atomic E-state index is 13.8. The van der Waals surface area contributed by atoms with Crippen LogP contribution in [-0.2, 0) is 21.4 Å². The van der Waals surface area contributed by atoms with Crippen LogP contribution in [0.1, 0.15) is 72.7 Å². The summed E-state index contributed by atoms with van der Waals surface area (Å²) in [5.74, 6) is -2.18. The zero-order valence-electron chi connectivity index (χ0n) is 24.1. The number of aromatic nitrogens is 4.